The summed E-state index contributed by atoms with van der Waals surface area (Å²) < 4.78 is 0. The van der Waals surface area contributed by atoms with E-state index in [0.29, 0.717) is 0 Å². The predicted octanol–water partition coefficient (Wildman–Crippen LogP) is 3.23. The third-order valence-electron chi connectivity index (χ3n) is 6.84. The maximum atomic E-state index is 2.79. The molecular weight excluding hydrogens is 244 g/mol. The van der Waals surface area contributed by atoms with Crippen molar-refractivity contribution in [1.29, 1.82) is 0 Å². The van der Waals surface area contributed by atoms with Crippen LogP contribution in [-0.4, -0.2) is 49.1 Å². The fourth-order valence-corrected chi connectivity index (χ4v) is 5.65. The fraction of sp³-hybridized carbons (Fsp3) is 1.00. The third kappa shape index (κ3) is 2.78. The molecule has 0 spiro atoms. The number of hydrogen-bond donors (Lipinski definition) is 0. The molecule has 2 saturated carbocycles. The van der Waals surface area contributed by atoms with Gasteiger partial charge in [0, 0.05) is 39.3 Å². The Morgan fingerprint density at radius 1 is 0.500 bits per heavy atom. The largest absolute Gasteiger partial charge is 0.301 e. The van der Waals surface area contributed by atoms with Crippen molar-refractivity contribution in [2.24, 2.45) is 23.7 Å². The molecule has 114 valence electrons. The van der Waals surface area contributed by atoms with Crippen LogP contribution in [0.5, 0.6) is 0 Å². The van der Waals surface area contributed by atoms with E-state index in [1.165, 1.54) is 90.6 Å². The topological polar surface area (TPSA) is 6.48 Å². The van der Waals surface area contributed by atoms with E-state index in [4.69, 9.17) is 0 Å². The van der Waals surface area contributed by atoms with E-state index in [1.807, 2.05) is 0 Å². The number of likely N-dealkylation sites (tertiary alicyclic amines) is 2. The number of fused-ring (bicyclic) bond motifs is 2. The Hall–Kier alpha value is -0.0800. The Bertz CT molecular complexity index is 269. The minimum absolute atomic E-state index is 1.06. The van der Waals surface area contributed by atoms with Crippen LogP contribution in [0.2, 0.25) is 0 Å². The lowest BCUT2D eigenvalue weighted by molar-refractivity contribution is 0.243. The molecule has 2 aliphatic carbocycles. The van der Waals surface area contributed by atoms with Crippen LogP contribution in [0.15, 0.2) is 0 Å². The average Bonchev–Trinajstić information content (AvgIpc) is 3.07. The quantitative estimate of drug-likeness (QED) is 0.781. The molecule has 0 unspecified atom stereocenters. The second kappa shape index (κ2) is 5.96. The number of hydrogen-bond acceptors (Lipinski definition) is 2. The van der Waals surface area contributed by atoms with Gasteiger partial charge >= 0.3 is 0 Å². The first kappa shape index (κ1) is 13.6. The summed E-state index contributed by atoms with van der Waals surface area (Å²) in [6.45, 7) is 8.40. The van der Waals surface area contributed by atoms with Gasteiger partial charge in [0.25, 0.3) is 0 Å². The van der Waals surface area contributed by atoms with Gasteiger partial charge in [-0.1, -0.05) is 25.7 Å². The van der Waals surface area contributed by atoms with Gasteiger partial charge in [0.05, 0.1) is 0 Å². The van der Waals surface area contributed by atoms with Gasteiger partial charge < -0.3 is 9.80 Å². The molecule has 0 N–H and O–H groups in total. The molecule has 0 aromatic carbocycles. The molecule has 2 aliphatic heterocycles. The van der Waals surface area contributed by atoms with Crippen molar-refractivity contribution in [1.82, 2.24) is 9.80 Å². The third-order valence-corrected chi connectivity index (χ3v) is 6.84. The molecule has 0 aromatic rings. The molecule has 4 rings (SSSR count). The van der Waals surface area contributed by atoms with Crippen molar-refractivity contribution in [2.45, 2.75) is 51.4 Å². The highest BCUT2D eigenvalue weighted by atomic mass is 15.2. The molecular formula is C18H32N2. The van der Waals surface area contributed by atoms with E-state index in [9.17, 15) is 0 Å². The van der Waals surface area contributed by atoms with Crippen molar-refractivity contribution in [3.05, 3.63) is 0 Å². The summed E-state index contributed by atoms with van der Waals surface area (Å²) in [5.74, 6) is 4.24. The van der Waals surface area contributed by atoms with Crippen molar-refractivity contribution in [2.75, 3.05) is 39.3 Å². The molecule has 4 atom stereocenters. The summed E-state index contributed by atoms with van der Waals surface area (Å²) in [6, 6.07) is 0. The van der Waals surface area contributed by atoms with Crippen LogP contribution in [0.25, 0.3) is 0 Å². The van der Waals surface area contributed by atoms with E-state index >= 15 is 0 Å². The Kier molecular flexibility index (Phi) is 4.05. The van der Waals surface area contributed by atoms with Gasteiger partial charge in [0.2, 0.25) is 0 Å². The molecule has 20 heavy (non-hydrogen) atoms. The van der Waals surface area contributed by atoms with Gasteiger partial charge in [0.1, 0.15) is 0 Å². The van der Waals surface area contributed by atoms with Crippen molar-refractivity contribution < 1.29 is 0 Å². The highest BCUT2D eigenvalue weighted by molar-refractivity contribution is 4.89. The van der Waals surface area contributed by atoms with E-state index in [-0.39, 0.29) is 0 Å². The summed E-state index contributed by atoms with van der Waals surface area (Å²) in [7, 11) is 0. The summed E-state index contributed by atoms with van der Waals surface area (Å²) in [5, 5.41) is 0. The summed E-state index contributed by atoms with van der Waals surface area (Å²) >= 11 is 0. The second-order valence-corrected chi connectivity index (χ2v) is 8.13. The molecule has 2 heterocycles. The first-order valence-electron chi connectivity index (χ1n) is 9.33. The van der Waals surface area contributed by atoms with E-state index < -0.39 is 0 Å². The molecule has 2 heteroatoms. The maximum Gasteiger partial charge on any atom is 0.0110 e. The smallest absolute Gasteiger partial charge is 0.0110 e. The summed E-state index contributed by atoms with van der Waals surface area (Å²) in [4.78, 5) is 5.59. The molecule has 0 radical (unpaired) electrons. The molecule has 4 aliphatic rings. The first-order valence-corrected chi connectivity index (χ1v) is 9.33. The Labute approximate surface area is 124 Å². The Morgan fingerprint density at radius 2 is 0.800 bits per heavy atom. The molecule has 0 bridgehead atoms. The summed E-state index contributed by atoms with van der Waals surface area (Å²) in [5.41, 5.74) is 0. The average molecular weight is 276 g/mol. The Morgan fingerprint density at radius 3 is 1.10 bits per heavy atom. The molecule has 2 saturated heterocycles. The normalized spacial score (nSPS) is 42.6. The van der Waals surface area contributed by atoms with Crippen LogP contribution in [0.4, 0.5) is 0 Å². The highest BCUT2D eigenvalue weighted by Crippen LogP contribution is 2.37. The zero-order valence-corrected chi connectivity index (χ0v) is 13.1. The SMILES string of the molecule is C1CC[C@H]2CN(CCN3C[C@@H]4CCCC[C@H]4C3)C[C@H]2C1. The van der Waals surface area contributed by atoms with Crippen LogP contribution < -0.4 is 0 Å². The lowest BCUT2D eigenvalue weighted by atomic mass is 9.82. The Balaban J connectivity index is 1.23. The fourth-order valence-electron chi connectivity index (χ4n) is 5.65. The van der Waals surface area contributed by atoms with Gasteiger partial charge in [0.15, 0.2) is 0 Å². The highest BCUT2D eigenvalue weighted by Gasteiger charge is 2.36. The summed E-state index contributed by atoms with van der Waals surface area (Å²) in [6.07, 6.45) is 12.1. The zero-order valence-electron chi connectivity index (χ0n) is 13.1. The molecule has 2 nitrogen and oxygen atoms in total. The minimum atomic E-state index is 1.06. The zero-order chi connectivity index (χ0) is 13.4. The van der Waals surface area contributed by atoms with E-state index in [0.717, 1.165) is 23.7 Å². The maximum absolute atomic E-state index is 2.79. The van der Waals surface area contributed by atoms with Gasteiger partial charge in [-0.2, -0.15) is 0 Å². The molecule has 4 fully saturated rings. The minimum Gasteiger partial charge on any atom is -0.301 e. The lowest BCUT2D eigenvalue weighted by Gasteiger charge is -2.23. The van der Waals surface area contributed by atoms with Crippen molar-refractivity contribution >= 4 is 0 Å². The number of rotatable bonds is 3. The van der Waals surface area contributed by atoms with Crippen LogP contribution in [0, 0.1) is 23.7 Å². The van der Waals surface area contributed by atoms with Crippen LogP contribution >= 0.6 is 0 Å². The van der Waals surface area contributed by atoms with Gasteiger partial charge in [-0.3, -0.25) is 0 Å². The van der Waals surface area contributed by atoms with Gasteiger partial charge in [-0.25, -0.2) is 0 Å². The van der Waals surface area contributed by atoms with E-state index in [1.54, 1.807) is 0 Å². The van der Waals surface area contributed by atoms with Crippen LogP contribution in [0.3, 0.4) is 0 Å². The van der Waals surface area contributed by atoms with Crippen LogP contribution in [0.1, 0.15) is 51.4 Å². The van der Waals surface area contributed by atoms with Gasteiger partial charge in [-0.15, -0.1) is 0 Å². The number of nitrogens with zero attached hydrogens (tertiary/aromatic N) is 2. The van der Waals surface area contributed by atoms with Crippen molar-refractivity contribution in [3.8, 4) is 0 Å². The standard InChI is InChI=1S/C18H32N2/c1-2-6-16-12-19(11-15(16)5-1)9-10-20-13-17-7-3-4-8-18(17)14-20/h15-18H,1-14H2/t15-,16-,17-,18+/m0/s1. The van der Waals surface area contributed by atoms with Gasteiger partial charge in [-0.05, 0) is 49.4 Å². The van der Waals surface area contributed by atoms with Crippen molar-refractivity contribution in [3.63, 3.8) is 0 Å². The lowest BCUT2D eigenvalue weighted by Crippen LogP contribution is -2.33. The second-order valence-electron chi connectivity index (χ2n) is 8.13. The van der Waals surface area contributed by atoms with Crippen LogP contribution in [-0.2, 0) is 0 Å². The predicted molar refractivity (Wildman–Crippen MR) is 83.8 cm³/mol. The molecule has 0 aromatic heterocycles. The first-order chi connectivity index (χ1) is 9.88. The molecule has 0 amide bonds. The van der Waals surface area contributed by atoms with E-state index in [2.05, 4.69) is 9.80 Å². The monoisotopic (exact) mass is 276 g/mol.